The molecule has 0 aliphatic heterocycles. The first-order valence-corrected chi connectivity index (χ1v) is 4.58. The van der Waals surface area contributed by atoms with Crippen LogP contribution in [-0.2, 0) is 11.0 Å². The van der Waals surface area contributed by atoms with Gasteiger partial charge >= 0.3 is 6.18 Å². The van der Waals surface area contributed by atoms with Gasteiger partial charge in [-0.1, -0.05) is 12.1 Å². The quantitative estimate of drug-likeness (QED) is 0.748. The van der Waals surface area contributed by atoms with Gasteiger partial charge in [0.15, 0.2) is 11.9 Å². The van der Waals surface area contributed by atoms with Crippen molar-refractivity contribution >= 4 is 6.29 Å². The molecular formula is C11H11F3O2. The fraction of sp³-hybridized carbons (Fsp3) is 0.364. The van der Waals surface area contributed by atoms with Gasteiger partial charge in [0.05, 0.1) is 5.56 Å². The van der Waals surface area contributed by atoms with E-state index in [1.54, 1.807) is 0 Å². The Balaban J connectivity index is 3.10. The monoisotopic (exact) mass is 232 g/mol. The predicted molar refractivity (Wildman–Crippen MR) is 52.2 cm³/mol. The Labute approximate surface area is 91.0 Å². The Morgan fingerprint density at radius 2 is 1.75 bits per heavy atom. The molecule has 0 N–H and O–H groups in total. The Morgan fingerprint density at radius 3 is 2.25 bits per heavy atom. The molecule has 88 valence electrons. The summed E-state index contributed by atoms with van der Waals surface area (Å²) in [5, 5.41) is 0. The molecule has 0 radical (unpaired) electrons. The molecule has 5 heteroatoms. The molecule has 2 nitrogen and oxygen atoms in total. The molecule has 0 aliphatic rings. The highest BCUT2D eigenvalue weighted by Crippen LogP contribution is 2.36. The van der Waals surface area contributed by atoms with Crippen LogP contribution in [0.2, 0.25) is 0 Å². The first-order valence-electron chi connectivity index (χ1n) is 4.58. The molecule has 0 saturated heterocycles. The number of halogens is 3. The van der Waals surface area contributed by atoms with E-state index in [-0.39, 0.29) is 5.75 Å². The van der Waals surface area contributed by atoms with Crippen LogP contribution in [0, 0.1) is 0 Å². The smallest absolute Gasteiger partial charge is 0.419 e. The molecule has 0 fully saturated rings. The van der Waals surface area contributed by atoms with Crippen molar-refractivity contribution in [1.29, 1.82) is 0 Å². The summed E-state index contributed by atoms with van der Waals surface area (Å²) in [5.74, 6) is -0.341. The molecule has 1 rings (SSSR count). The number of aldehydes is 1. The number of ether oxygens (including phenoxy) is 1. The number of hydrogen-bond donors (Lipinski definition) is 0. The minimum absolute atomic E-state index is 0.341. The highest BCUT2D eigenvalue weighted by Gasteiger charge is 2.35. The first kappa shape index (κ1) is 12.5. The molecule has 0 heterocycles. The van der Waals surface area contributed by atoms with Crippen LogP contribution in [0.15, 0.2) is 24.3 Å². The lowest BCUT2D eigenvalue weighted by molar-refractivity contribution is -0.140. The van der Waals surface area contributed by atoms with Gasteiger partial charge in [-0.3, -0.25) is 4.79 Å². The van der Waals surface area contributed by atoms with Crippen LogP contribution in [0.25, 0.3) is 0 Å². The van der Waals surface area contributed by atoms with E-state index in [4.69, 9.17) is 4.74 Å². The van der Waals surface area contributed by atoms with Gasteiger partial charge in [0, 0.05) is 0 Å². The molecule has 0 amide bonds. The average molecular weight is 232 g/mol. The summed E-state index contributed by atoms with van der Waals surface area (Å²) in [6, 6.07) is 4.79. The van der Waals surface area contributed by atoms with Gasteiger partial charge < -0.3 is 4.74 Å². The third-order valence-electron chi connectivity index (χ3n) is 1.85. The second-order valence-electron chi connectivity index (χ2n) is 3.82. The second kappa shape index (κ2) is 4.15. The Bertz CT molecular complexity index is 383. The fourth-order valence-electron chi connectivity index (χ4n) is 1.10. The van der Waals surface area contributed by atoms with E-state index in [9.17, 15) is 18.0 Å². The highest BCUT2D eigenvalue weighted by molar-refractivity contribution is 5.62. The summed E-state index contributed by atoms with van der Waals surface area (Å²) in [4.78, 5) is 10.6. The summed E-state index contributed by atoms with van der Waals surface area (Å²) in [5.41, 5.74) is -2.16. The van der Waals surface area contributed by atoms with Gasteiger partial charge in [-0.15, -0.1) is 0 Å². The van der Waals surface area contributed by atoms with Gasteiger partial charge in [0.25, 0.3) is 0 Å². The molecule has 0 aromatic heterocycles. The topological polar surface area (TPSA) is 26.3 Å². The minimum Gasteiger partial charge on any atom is -0.480 e. The maximum Gasteiger partial charge on any atom is 0.419 e. The van der Waals surface area contributed by atoms with Crippen molar-refractivity contribution in [3.8, 4) is 5.75 Å². The molecule has 1 aromatic rings. The first-order chi connectivity index (χ1) is 7.26. The predicted octanol–water partition coefficient (Wildman–Crippen LogP) is 3.06. The normalized spacial score (nSPS) is 12.3. The van der Waals surface area contributed by atoms with Crippen molar-refractivity contribution in [2.45, 2.75) is 25.6 Å². The van der Waals surface area contributed by atoms with Crippen LogP contribution < -0.4 is 4.74 Å². The SMILES string of the molecule is CC(C)(C=O)Oc1ccccc1C(F)(F)F. The van der Waals surface area contributed by atoms with Crippen molar-refractivity contribution in [2.75, 3.05) is 0 Å². The number of hydrogen-bond acceptors (Lipinski definition) is 2. The minimum atomic E-state index is -4.49. The van der Waals surface area contributed by atoms with Crippen molar-refractivity contribution in [3.63, 3.8) is 0 Å². The van der Waals surface area contributed by atoms with Crippen molar-refractivity contribution in [3.05, 3.63) is 29.8 Å². The number of carbonyl (C=O) groups excluding carboxylic acids is 1. The van der Waals surface area contributed by atoms with Gasteiger partial charge in [0.2, 0.25) is 0 Å². The van der Waals surface area contributed by atoms with E-state index in [1.165, 1.54) is 32.0 Å². The largest absolute Gasteiger partial charge is 0.480 e. The highest BCUT2D eigenvalue weighted by atomic mass is 19.4. The zero-order valence-electron chi connectivity index (χ0n) is 8.84. The Kier molecular flexibility index (Phi) is 3.26. The molecule has 0 unspecified atom stereocenters. The van der Waals surface area contributed by atoms with Gasteiger partial charge in [0.1, 0.15) is 5.75 Å². The standard InChI is InChI=1S/C11H11F3O2/c1-10(2,7-15)16-9-6-4-3-5-8(9)11(12,13)14/h3-7H,1-2H3. The molecular weight excluding hydrogens is 221 g/mol. The van der Waals surface area contributed by atoms with Crippen LogP contribution >= 0.6 is 0 Å². The molecule has 0 bridgehead atoms. The van der Waals surface area contributed by atoms with Crippen LogP contribution in [0.4, 0.5) is 13.2 Å². The van der Waals surface area contributed by atoms with Crippen LogP contribution in [-0.4, -0.2) is 11.9 Å². The second-order valence-corrected chi connectivity index (χ2v) is 3.82. The third kappa shape index (κ3) is 2.98. The summed E-state index contributed by atoms with van der Waals surface area (Å²) in [6.07, 6.45) is -4.03. The summed E-state index contributed by atoms with van der Waals surface area (Å²) >= 11 is 0. The van der Waals surface area contributed by atoms with Gasteiger partial charge in [-0.05, 0) is 26.0 Å². The third-order valence-corrected chi connectivity index (χ3v) is 1.85. The molecule has 0 spiro atoms. The average Bonchev–Trinajstić information content (AvgIpc) is 2.16. The summed E-state index contributed by atoms with van der Waals surface area (Å²) in [7, 11) is 0. The Hall–Kier alpha value is -1.52. The molecule has 16 heavy (non-hydrogen) atoms. The van der Waals surface area contributed by atoms with E-state index < -0.39 is 17.3 Å². The van der Waals surface area contributed by atoms with Crippen LogP contribution in [0.3, 0.4) is 0 Å². The number of benzene rings is 1. The fourth-order valence-corrected chi connectivity index (χ4v) is 1.10. The molecule has 0 aliphatic carbocycles. The van der Waals surface area contributed by atoms with E-state index in [2.05, 4.69) is 0 Å². The number of rotatable bonds is 3. The zero-order valence-corrected chi connectivity index (χ0v) is 8.84. The Morgan fingerprint density at radius 1 is 1.19 bits per heavy atom. The van der Waals surface area contributed by atoms with Crippen molar-refractivity contribution in [1.82, 2.24) is 0 Å². The maximum absolute atomic E-state index is 12.6. The van der Waals surface area contributed by atoms with E-state index in [1.807, 2.05) is 0 Å². The lowest BCUT2D eigenvalue weighted by atomic mass is 10.1. The lowest BCUT2D eigenvalue weighted by Crippen LogP contribution is -2.30. The molecule has 1 aromatic carbocycles. The van der Waals surface area contributed by atoms with Gasteiger partial charge in [-0.25, -0.2) is 0 Å². The van der Waals surface area contributed by atoms with E-state index >= 15 is 0 Å². The number of alkyl halides is 3. The summed E-state index contributed by atoms with van der Waals surface area (Å²) < 4.78 is 42.7. The van der Waals surface area contributed by atoms with Crippen LogP contribution in [0.5, 0.6) is 5.75 Å². The van der Waals surface area contributed by atoms with Crippen LogP contribution in [0.1, 0.15) is 19.4 Å². The maximum atomic E-state index is 12.6. The van der Waals surface area contributed by atoms with Gasteiger partial charge in [-0.2, -0.15) is 13.2 Å². The molecule has 0 atom stereocenters. The van der Waals surface area contributed by atoms with Crippen molar-refractivity contribution in [2.24, 2.45) is 0 Å². The zero-order chi connectivity index (χ0) is 12.4. The van der Waals surface area contributed by atoms with E-state index in [0.717, 1.165) is 6.07 Å². The number of carbonyl (C=O) groups is 1. The van der Waals surface area contributed by atoms with Crippen molar-refractivity contribution < 1.29 is 22.7 Å². The molecule has 0 saturated carbocycles. The number of para-hydroxylation sites is 1. The van der Waals surface area contributed by atoms with E-state index in [0.29, 0.717) is 6.29 Å². The summed E-state index contributed by atoms with van der Waals surface area (Å²) in [6.45, 7) is 2.79. The lowest BCUT2D eigenvalue weighted by Gasteiger charge is -2.22.